The van der Waals surface area contributed by atoms with E-state index in [1.807, 2.05) is 36.0 Å². The minimum atomic E-state index is 0.0287. The predicted octanol–water partition coefficient (Wildman–Crippen LogP) is 3.45. The molecule has 98 valence electrons. The molecule has 0 saturated heterocycles. The highest BCUT2D eigenvalue weighted by Crippen LogP contribution is 2.23. The molecule has 0 atom stereocenters. The molecule has 0 spiro atoms. The van der Waals surface area contributed by atoms with Crippen molar-refractivity contribution in [2.75, 3.05) is 0 Å². The lowest BCUT2D eigenvalue weighted by Gasteiger charge is -2.14. The highest BCUT2D eigenvalue weighted by molar-refractivity contribution is 5.54. The van der Waals surface area contributed by atoms with Gasteiger partial charge in [0, 0.05) is 11.6 Å². The molecule has 1 heterocycles. The van der Waals surface area contributed by atoms with Gasteiger partial charge in [-0.05, 0) is 36.8 Å². The zero-order chi connectivity index (χ0) is 14.0. The maximum absolute atomic E-state index is 10.2. The van der Waals surface area contributed by atoms with Crippen molar-refractivity contribution in [3.05, 3.63) is 41.7 Å². The fourth-order valence-corrected chi connectivity index (χ4v) is 1.88. The lowest BCUT2D eigenvalue weighted by Crippen LogP contribution is -2.12. The Hall–Kier alpha value is -2.19. The van der Waals surface area contributed by atoms with Gasteiger partial charge in [-0.25, -0.2) is 9.48 Å². The predicted molar refractivity (Wildman–Crippen MR) is 74.8 cm³/mol. The van der Waals surface area contributed by atoms with Crippen molar-refractivity contribution in [3.8, 4) is 5.69 Å². The van der Waals surface area contributed by atoms with Crippen LogP contribution in [0.1, 0.15) is 32.0 Å². The van der Waals surface area contributed by atoms with Gasteiger partial charge in [0.25, 0.3) is 0 Å². The molecule has 4 nitrogen and oxygen atoms in total. The molecule has 1 aromatic heterocycles. The lowest BCUT2D eigenvalue weighted by atomic mass is 9.93. The molecule has 0 N–H and O–H groups in total. The second-order valence-electron chi connectivity index (χ2n) is 5.57. The molecule has 0 bridgehead atoms. The number of benzene rings is 1. The first kappa shape index (κ1) is 13.2. The monoisotopic (exact) mass is 255 g/mol. The zero-order valence-electron chi connectivity index (χ0n) is 11.6. The molecular formula is C15H17N3O. The number of rotatable bonds is 2. The van der Waals surface area contributed by atoms with Crippen molar-refractivity contribution in [1.29, 1.82) is 0 Å². The maximum atomic E-state index is 10.2. The van der Waals surface area contributed by atoms with Gasteiger partial charge in [-0.2, -0.15) is 10.1 Å². The molecule has 0 unspecified atom stereocenters. The van der Waals surface area contributed by atoms with Crippen LogP contribution in [0, 0.1) is 6.92 Å². The molecule has 19 heavy (non-hydrogen) atoms. The lowest BCUT2D eigenvalue weighted by molar-refractivity contribution is 0.560. The summed E-state index contributed by atoms with van der Waals surface area (Å²) in [5, 5.41) is 4.60. The van der Waals surface area contributed by atoms with Gasteiger partial charge in [0.1, 0.15) is 0 Å². The Labute approximate surface area is 112 Å². The van der Waals surface area contributed by atoms with Crippen LogP contribution in [-0.4, -0.2) is 15.9 Å². The molecule has 2 rings (SSSR count). The molecule has 0 amide bonds. The smallest absolute Gasteiger partial charge is 0.240 e. The van der Waals surface area contributed by atoms with Crippen LogP contribution in [0.2, 0.25) is 0 Å². The number of aliphatic imine (C=N–C) groups is 1. The molecule has 4 heteroatoms. The summed E-state index contributed by atoms with van der Waals surface area (Å²) in [7, 11) is 0. The molecule has 0 aliphatic carbocycles. The molecular weight excluding hydrogens is 238 g/mol. The number of nitrogens with zero attached hydrogens (tertiary/aromatic N) is 3. The summed E-state index contributed by atoms with van der Waals surface area (Å²) in [4.78, 5) is 13.9. The van der Waals surface area contributed by atoms with Crippen molar-refractivity contribution in [2.24, 2.45) is 4.99 Å². The second kappa shape index (κ2) is 4.82. The van der Waals surface area contributed by atoms with Gasteiger partial charge in [0.2, 0.25) is 6.08 Å². The Kier molecular flexibility index (Phi) is 3.36. The molecule has 0 aliphatic heterocycles. The van der Waals surface area contributed by atoms with Crippen molar-refractivity contribution < 1.29 is 4.79 Å². The third-order valence-electron chi connectivity index (χ3n) is 2.96. The van der Waals surface area contributed by atoms with E-state index >= 15 is 0 Å². The van der Waals surface area contributed by atoms with Gasteiger partial charge < -0.3 is 0 Å². The normalized spacial score (nSPS) is 11.2. The average molecular weight is 255 g/mol. The minimum absolute atomic E-state index is 0.0287. The van der Waals surface area contributed by atoms with E-state index in [4.69, 9.17) is 0 Å². The van der Waals surface area contributed by atoms with E-state index in [-0.39, 0.29) is 5.41 Å². The van der Waals surface area contributed by atoms with E-state index in [1.165, 1.54) is 0 Å². The molecule has 1 aromatic carbocycles. The van der Waals surface area contributed by atoms with Crippen molar-refractivity contribution in [1.82, 2.24) is 9.78 Å². The summed E-state index contributed by atoms with van der Waals surface area (Å²) < 4.78 is 1.85. The Bertz CT molecular complexity index is 644. The minimum Gasteiger partial charge on any atom is -0.240 e. The Balaban J connectivity index is 2.42. The Morgan fingerprint density at radius 2 is 2.00 bits per heavy atom. The van der Waals surface area contributed by atoms with Crippen LogP contribution in [0.4, 0.5) is 5.69 Å². The van der Waals surface area contributed by atoms with Crippen molar-refractivity contribution >= 4 is 11.8 Å². The van der Waals surface area contributed by atoms with E-state index in [2.05, 4.69) is 30.9 Å². The van der Waals surface area contributed by atoms with E-state index in [1.54, 1.807) is 12.1 Å². The summed E-state index contributed by atoms with van der Waals surface area (Å²) in [6, 6.07) is 7.56. The van der Waals surface area contributed by atoms with Gasteiger partial charge in [-0.3, -0.25) is 0 Å². The largest absolute Gasteiger partial charge is 0.240 e. The SMILES string of the molecule is Cc1cc(N=C=O)ccc1-n1ccc(C(C)(C)C)n1. The van der Waals surface area contributed by atoms with Crippen LogP contribution in [-0.2, 0) is 10.2 Å². The fraction of sp³-hybridized carbons (Fsp3) is 0.333. The maximum Gasteiger partial charge on any atom is 0.240 e. The van der Waals surface area contributed by atoms with Gasteiger partial charge >= 0.3 is 0 Å². The first-order valence-corrected chi connectivity index (χ1v) is 6.17. The van der Waals surface area contributed by atoms with Gasteiger partial charge in [-0.1, -0.05) is 20.8 Å². The number of aromatic nitrogens is 2. The quantitative estimate of drug-likeness (QED) is 0.609. The van der Waals surface area contributed by atoms with Gasteiger partial charge in [0.05, 0.1) is 17.1 Å². The summed E-state index contributed by atoms with van der Waals surface area (Å²) >= 11 is 0. The number of isocyanates is 1. The molecule has 0 fully saturated rings. The van der Waals surface area contributed by atoms with E-state index in [0.717, 1.165) is 16.9 Å². The first-order valence-electron chi connectivity index (χ1n) is 6.17. The number of hydrogen-bond acceptors (Lipinski definition) is 3. The number of hydrogen-bond donors (Lipinski definition) is 0. The second-order valence-corrected chi connectivity index (χ2v) is 5.57. The van der Waals surface area contributed by atoms with Gasteiger partial charge in [-0.15, -0.1) is 0 Å². The Morgan fingerprint density at radius 1 is 1.26 bits per heavy atom. The highest BCUT2D eigenvalue weighted by atomic mass is 16.1. The van der Waals surface area contributed by atoms with Crippen molar-refractivity contribution in [3.63, 3.8) is 0 Å². The summed E-state index contributed by atoms with van der Waals surface area (Å²) in [5.74, 6) is 0. The van der Waals surface area contributed by atoms with E-state index in [9.17, 15) is 4.79 Å². The summed E-state index contributed by atoms with van der Waals surface area (Å²) in [6.07, 6.45) is 3.50. The summed E-state index contributed by atoms with van der Waals surface area (Å²) in [5.41, 5.74) is 3.68. The van der Waals surface area contributed by atoms with E-state index in [0.29, 0.717) is 5.69 Å². The fourth-order valence-electron chi connectivity index (χ4n) is 1.88. The third kappa shape index (κ3) is 2.80. The number of carbonyl (C=O) groups excluding carboxylic acids is 1. The van der Waals surface area contributed by atoms with E-state index < -0.39 is 0 Å². The first-order chi connectivity index (χ1) is 8.91. The van der Waals surface area contributed by atoms with Crippen molar-refractivity contribution in [2.45, 2.75) is 33.1 Å². The van der Waals surface area contributed by atoms with Crippen LogP contribution in [0.3, 0.4) is 0 Å². The third-order valence-corrected chi connectivity index (χ3v) is 2.96. The molecule has 0 radical (unpaired) electrons. The van der Waals surface area contributed by atoms with Crippen LogP contribution in [0.5, 0.6) is 0 Å². The number of aryl methyl sites for hydroxylation is 1. The van der Waals surface area contributed by atoms with Crippen LogP contribution in [0.15, 0.2) is 35.5 Å². The topological polar surface area (TPSA) is 47.2 Å². The molecule has 2 aromatic rings. The van der Waals surface area contributed by atoms with Crippen LogP contribution >= 0.6 is 0 Å². The Morgan fingerprint density at radius 3 is 2.53 bits per heavy atom. The zero-order valence-corrected chi connectivity index (χ0v) is 11.6. The molecule has 0 saturated carbocycles. The molecule has 0 aliphatic rings. The van der Waals surface area contributed by atoms with Crippen LogP contribution in [0.25, 0.3) is 5.69 Å². The standard InChI is InChI=1S/C15H17N3O/c1-11-9-12(16-10-19)5-6-13(11)18-8-7-14(17-18)15(2,3)4/h5-9H,1-4H3. The summed E-state index contributed by atoms with van der Waals surface area (Å²) in [6.45, 7) is 8.37. The van der Waals surface area contributed by atoms with Gasteiger partial charge in [0.15, 0.2) is 0 Å². The van der Waals surface area contributed by atoms with Crippen LogP contribution < -0.4 is 0 Å². The average Bonchev–Trinajstić information content (AvgIpc) is 2.78. The highest BCUT2D eigenvalue weighted by Gasteiger charge is 2.17.